The molecular weight excluding hydrogens is 397 g/mol. The van der Waals surface area contributed by atoms with Gasteiger partial charge < -0.3 is 8.92 Å². The quantitative estimate of drug-likeness (QED) is 0.512. The first-order valence-electron chi connectivity index (χ1n) is 9.24. The molecule has 2 unspecified atom stereocenters. The van der Waals surface area contributed by atoms with Gasteiger partial charge in [-0.05, 0) is 61.3 Å². The second-order valence-electron chi connectivity index (χ2n) is 8.21. The Balaban J connectivity index is 0.000000442. The second-order valence-corrected chi connectivity index (χ2v) is 9.91. The molecule has 1 spiro atoms. The van der Waals surface area contributed by atoms with Crippen LogP contribution in [-0.2, 0) is 20.3 Å². The lowest BCUT2D eigenvalue weighted by atomic mass is 9.47. The van der Waals surface area contributed by atoms with Crippen molar-refractivity contribution in [3.63, 3.8) is 0 Å². The summed E-state index contributed by atoms with van der Waals surface area (Å²) >= 11 is 0. The Morgan fingerprint density at radius 2 is 1.79 bits per heavy atom. The SMILES string of the molecule is COC(=O)c1cccc2c1OS(=O)(=O)C1C3CC4CC1CC2(C4)C3.FC(F)F. The zero-order chi connectivity index (χ0) is 20.3. The van der Waals surface area contributed by atoms with Crippen LogP contribution in [0.5, 0.6) is 5.75 Å². The highest BCUT2D eigenvalue weighted by Crippen LogP contribution is 2.64. The Hall–Kier alpha value is -1.77. The van der Waals surface area contributed by atoms with Gasteiger partial charge in [-0.3, -0.25) is 0 Å². The Morgan fingerprint density at radius 3 is 2.36 bits per heavy atom. The highest BCUT2D eigenvalue weighted by Gasteiger charge is 2.62. The zero-order valence-corrected chi connectivity index (χ0v) is 16.1. The van der Waals surface area contributed by atoms with E-state index in [-0.39, 0.29) is 28.6 Å². The first-order valence-corrected chi connectivity index (χ1v) is 10.7. The largest absolute Gasteiger partial charge is 0.465 e. The number of esters is 1. The van der Waals surface area contributed by atoms with Gasteiger partial charge in [-0.25, -0.2) is 4.79 Å². The van der Waals surface area contributed by atoms with Crippen LogP contribution in [0.3, 0.4) is 0 Å². The molecular formula is C19H21F3O5S. The molecule has 5 bridgehead atoms. The van der Waals surface area contributed by atoms with Crippen LogP contribution in [0.2, 0.25) is 0 Å². The van der Waals surface area contributed by atoms with E-state index in [1.54, 1.807) is 6.07 Å². The number of carbonyl (C=O) groups is 1. The number of alkyl halides is 3. The van der Waals surface area contributed by atoms with Crippen LogP contribution in [-0.4, -0.2) is 33.4 Å². The fraction of sp³-hybridized carbons (Fsp3) is 0.632. The van der Waals surface area contributed by atoms with Crippen molar-refractivity contribution < 1.29 is 35.3 Å². The molecule has 2 atom stereocenters. The third-order valence-corrected chi connectivity index (χ3v) is 8.55. The lowest BCUT2D eigenvalue weighted by Gasteiger charge is -2.60. The highest BCUT2D eigenvalue weighted by atomic mass is 32.2. The van der Waals surface area contributed by atoms with Gasteiger partial charge in [0.2, 0.25) is 0 Å². The van der Waals surface area contributed by atoms with E-state index in [4.69, 9.17) is 8.92 Å². The number of halogens is 3. The molecule has 0 saturated heterocycles. The molecule has 154 valence electrons. The number of fused-ring (bicyclic) bond motifs is 1. The van der Waals surface area contributed by atoms with Gasteiger partial charge >= 0.3 is 22.8 Å². The molecule has 0 N–H and O–H groups in total. The lowest BCUT2D eigenvalue weighted by molar-refractivity contribution is -0.00710. The van der Waals surface area contributed by atoms with E-state index in [1.165, 1.54) is 7.11 Å². The van der Waals surface area contributed by atoms with Crippen molar-refractivity contribution in [1.29, 1.82) is 0 Å². The van der Waals surface area contributed by atoms with Gasteiger partial charge in [0.15, 0.2) is 5.75 Å². The fourth-order valence-corrected chi connectivity index (χ4v) is 8.15. The second kappa shape index (κ2) is 6.64. The maximum absolute atomic E-state index is 13.0. The summed E-state index contributed by atoms with van der Waals surface area (Å²) in [5, 5.41) is -0.416. The maximum Gasteiger partial charge on any atom is 0.379 e. The smallest absolute Gasteiger partial charge is 0.379 e. The van der Waals surface area contributed by atoms with E-state index >= 15 is 0 Å². The van der Waals surface area contributed by atoms with Crippen LogP contribution in [0.25, 0.3) is 0 Å². The molecule has 6 aliphatic rings. The lowest BCUT2D eigenvalue weighted by Crippen LogP contribution is -2.59. The molecule has 28 heavy (non-hydrogen) atoms. The van der Waals surface area contributed by atoms with Gasteiger partial charge in [-0.2, -0.15) is 21.6 Å². The van der Waals surface area contributed by atoms with E-state index in [9.17, 15) is 26.4 Å². The minimum Gasteiger partial charge on any atom is -0.465 e. The van der Waals surface area contributed by atoms with E-state index < -0.39 is 28.0 Å². The van der Waals surface area contributed by atoms with Crippen molar-refractivity contribution in [2.75, 3.05) is 7.11 Å². The summed E-state index contributed by atoms with van der Waals surface area (Å²) in [7, 11) is -2.45. The summed E-state index contributed by atoms with van der Waals surface area (Å²) in [6, 6.07) is 5.36. The Bertz CT molecular complexity index is 882. The van der Waals surface area contributed by atoms with Gasteiger partial charge in [0.25, 0.3) is 0 Å². The van der Waals surface area contributed by atoms with Crippen LogP contribution in [0.15, 0.2) is 18.2 Å². The Labute approximate surface area is 161 Å². The van der Waals surface area contributed by atoms with Crippen molar-refractivity contribution in [1.82, 2.24) is 0 Å². The molecule has 1 aromatic rings. The van der Waals surface area contributed by atoms with E-state index in [0.717, 1.165) is 37.7 Å². The van der Waals surface area contributed by atoms with E-state index in [1.807, 2.05) is 12.1 Å². The average Bonchev–Trinajstić information content (AvgIpc) is 2.58. The van der Waals surface area contributed by atoms with Crippen LogP contribution >= 0.6 is 0 Å². The van der Waals surface area contributed by atoms with Crippen LogP contribution < -0.4 is 4.18 Å². The van der Waals surface area contributed by atoms with Gasteiger partial charge in [0.1, 0.15) is 10.8 Å². The topological polar surface area (TPSA) is 69.7 Å². The molecule has 4 fully saturated rings. The normalized spacial score (nSPS) is 35.9. The number of hydrogen-bond acceptors (Lipinski definition) is 5. The van der Waals surface area contributed by atoms with Gasteiger partial charge in [0.05, 0.1) is 7.11 Å². The molecule has 4 aliphatic carbocycles. The minimum absolute atomic E-state index is 0.0394. The number of benzene rings is 1. The number of hydrogen-bond donors (Lipinski definition) is 0. The van der Waals surface area contributed by atoms with Crippen molar-refractivity contribution in [3.05, 3.63) is 29.3 Å². The van der Waals surface area contributed by atoms with Crippen molar-refractivity contribution in [3.8, 4) is 5.75 Å². The molecule has 7 rings (SSSR count). The number of rotatable bonds is 1. The summed E-state index contributed by atoms with van der Waals surface area (Å²) < 4.78 is 65.4. The monoisotopic (exact) mass is 418 g/mol. The number of methoxy groups -OCH3 is 1. The molecule has 9 heteroatoms. The van der Waals surface area contributed by atoms with E-state index in [2.05, 4.69) is 0 Å². The molecule has 2 aliphatic heterocycles. The molecule has 0 radical (unpaired) electrons. The van der Waals surface area contributed by atoms with Crippen LogP contribution in [0, 0.1) is 17.8 Å². The molecule has 1 aromatic carbocycles. The van der Waals surface area contributed by atoms with E-state index in [0.29, 0.717) is 5.92 Å². The first-order chi connectivity index (χ1) is 13.2. The fourth-order valence-electron chi connectivity index (χ4n) is 6.27. The van der Waals surface area contributed by atoms with Crippen molar-refractivity contribution in [2.45, 2.75) is 49.4 Å². The predicted molar refractivity (Wildman–Crippen MR) is 93.5 cm³/mol. The average molecular weight is 418 g/mol. The molecule has 5 nitrogen and oxygen atoms in total. The highest BCUT2D eigenvalue weighted by molar-refractivity contribution is 7.87. The summed E-state index contributed by atoms with van der Waals surface area (Å²) in [4.78, 5) is 12.1. The molecule has 0 aromatic heterocycles. The van der Waals surface area contributed by atoms with Crippen molar-refractivity contribution in [2.24, 2.45) is 17.8 Å². The zero-order valence-electron chi connectivity index (χ0n) is 15.2. The van der Waals surface area contributed by atoms with Crippen LogP contribution in [0.1, 0.15) is 48.0 Å². The molecule has 4 saturated carbocycles. The van der Waals surface area contributed by atoms with Gasteiger partial charge in [-0.1, -0.05) is 12.1 Å². The molecule has 2 heterocycles. The summed E-state index contributed by atoms with van der Waals surface area (Å²) in [5.74, 6) is 0.648. The summed E-state index contributed by atoms with van der Waals surface area (Å²) in [6.45, 7) is -3.67. The molecule has 0 amide bonds. The first kappa shape index (κ1) is 19.5. The Kier molecular flexibility index (Phi) is 4.63. The Morgan fingerprint density at radius 1 is 1.18 bits per heavy atom. The number of ether oxygens (including phenoxy) is 1. The van der Waals surface area contributed by atoms with Gasteiger partial charge in [0, 0.05) is 5.56 Å². The third-order valence-electron chi connectivity index (χ3n) is 6.71. The number of para-hydroxylation sites is 1. The standard InChI is InChI=1S/C18H20O5S.CHF3/c1-22-17(19)13-3-2-4-14-15(13)23-24(20,21)16-11-5-10-6-12(16)9-18(14,7-10)8-11;2-1(3)4/h2-4,10-12,16H,5-9H2,1H3;1H. The van der Waals surface area contributed by atoms with Crippen LogP contribution in [0.4, 0.5) is 13.2 Å². The predicted octanol–water partition coefficient (Wildman–Crippen LogP) is 3.82. The maximum atomic E-state index is 13.0. The van der Waals surface area contributed by atoms with Gasteiger partial charge in [-0.15, -0.1) is 0 Å². The summed E-state index contributed by atoms with van der Waals surface area (Å²) in [5.41, 5.74) is 1.07. The number of carbonyl (C=O) groups excluding carboxylic acids is 1. The third kappa shape index (κ3) is 2.98. The van der Waals surface area contributed by atoms with Crippen molar-refractivity contribution >= 4 is 16.1 Å². The minimum atomic E-state index is -3.75. The summed E-state index contributed by atoms with van der Waals surface area (Å²) in [6.07, 6.45) is 4.86.